The van der Waals surface area contributed by atoms with Crippen LogP contribution in [0, 0.1) is 0 Å². The van der Waals surface area contributed by atoms with Crippen molar-refractivity contribution in [1.29, 1.82) is 0 Å². The van der Waals surface area contributed by atoms with Gasteiger partial charge in [0.25, 0.3) is 0 Å². The van der Waals surface area contributed by atoms with E-state index in [1.807, 2.05) is 12.1 Å². The molecule has 1 heterocycles. The molecule has 0 aliphatic heterocycles. The fraction of sp³-hybridized carbons (Fsp3) is 0.167. The minimum Gasteiger partial charge on any atom is -0.390 e. The Labute approximate surface area is 57.0 Å². The third kappa shape index (κ3) is 1.37. The van der Waals surface area contributed by atoms with Crippen molar-refractivity contribution in [3.8, 4) is 0 Å². The Bertz CT molecular complexity index is 202. The van der Waals surface area contributed by atoms with E-state index in [9.17, 15) is 0 Å². The topological polar surface area (TPSA) is 33.1 Å². The molecule has 3 radical (unpaired) electrons. The van der Waals surface area contributed by atoms with Gasteiger partial charge in [-0.2, -0.15) is 0 Å². The number of pyridine rings is 1. The largest absolute Gasteiger partial charge is 0.390 e. The molecule has 0 bridgehead atoms. The maximum atomic E-state index is 8.62. The van der Waals surface area contributed by atoms with Gasteiger partial charge in [-0.05, 0) is 11.3 Å². The molecule has 0 aromatic carbocycles. The van der Waals surface area contributed by atoms with Gasteiger partial charge in [0, 0.05) is 6.20 Å². The van der Waals surface area contributed by atoms with Crippen LogP contribution in [0.5, 0.6) is 0 Å². The van der Waals surface area contributed by atoms with Crippen molar-refractivity contribution in [3.63, 3.8) is 0 Å². The molecule has 0 aliphatic carbocycles. The van der Waals surface area contributed by atoms with Crippen LogP contribution in [0.3, 0.4) is 0 Å². The molecule has 1 N–H and O–H groups in total. The van der Waals surface area contributed by atoms with Gasteiger partial charge in [0.05, 0.1) is 22.5 Å². The fourth-order valence-corrected chi connectivity index (χ4v) is 0.804. The number of aliphatic hydroxyl groups excluding tert-OH is 1. The van der Waals surface area contributed by atoms with Crippen LogP contribution >= 0.6 is 0 Å². The predicted octanol–water partition coefficient (Wildman–Crippen LogP) is -0.632. The first-order valence-electron chi connectivity index (χ1n) is 2.61. The van der Waals surface area contributed by atoms with Crippen LogP contribution in [0.4, 0.5) is 0 Å². The van der Waals surface area contributed by atoms with Gasteiger partial charge in [0.15, 0.2) is 0 Å². The molecule has 9 heavy (non-hydrogen) atoms. The first-order chi connectivity index (χ1) is 4.34. The molecule has 45 valence electrons. The minimum absolute atomic E-state index is 0.0142. The quantitative estimate of drug-likeness (QED) is 0.521. The summed E-state index contributed by atoms with van der Waals surface area (Å²) < 4.78 is 0. The lowest BCUT2D eigenvalue weighted by Crippen LogP contribution is -2.11. The average molecular weight is 136 g/mol. The summed E-state index contributed by atoms with van der Waals surface area (Å²) in [4.78, 5) is 3.90. The van der Waals surface area contributed by atoms with Gasteiger partial charge in [0.1, 0.15) is 0 Å². The Morgan fingerprint density at radius 3 is 2.89 bits per heavy atom. The molecule has 0 fully saturated rings. The highest BCUT2D eigenvalue weighted by Crippen LogP contribution is 1.85. The van der Waals surface area contributed by atoms with E-state index in [2.05, 4.69) is 15.2 Å². The number of hydrogen-bond acceptors (Lipinski definition) is 2. The van der Waals surface area contributed by atoms with Crippen molar-refractivity contribution in [2.75, 3.05) is 0 Å². The van der Waals surface area contributed by atoms with Crippen molar-refractivity contribution in [2.45, 2.75) is 6.61 Å². The van der Waals surface area contributed by atoms with Crippen LogP contribution < -0.4 is 5.19 Å². The van der Waals surface area contributed by atoms with Crippen molar-refractivity contribution < 1.29 is 5.11 Å². The van der Waals surface area contributed by atoms with E-state index in [-0.39, 0.29) is 6.61 Å². The summed E-state index contributed by atoms with van der Waals surface area (Å²) in [6, 6.07) is 3.65. The summed E-state index contributed by atoms with van der Waals surface area (Å²) in [5.41, 5.74) is 0.675. The van der Waals surface area contributed by atoms with Crippen LogP contribution in [0.25, 0.3) is 0 Å². The molecule has 0 amide bonds. The van der Waals surface area contributed by atoms with Crippen molar-refractivity contribution >= 4 is 15.4 Å². The lowest BCUT2D eigenvalue weighted by atomic mass is 10.4. The number of aliphatic hydroxyl groups is 1. The van der Waals surface area contributed by atoms with E-state index in [1.165, 1.54) is 0 Å². The highest BCUT2D eigenvalue weighted by atomic mass is 28.1. The molecular weight excluding hydrogens is 130 g/mol. The first kappa shape index (κ1) is 6.45. The molecule has 1 aromatic heterocycles. The van der Waals surface area contributed by atoms with Gasteiger partial charge < -0.3 is 5.11 Å². The molecule has 3 heteroatoms. The van der Waals surface area contributed by atoms with E-state index >= 15 is 0 Å². The number of nitrogens with zero attached hydrogens (tertiary/aromatic N) is 1. The lowest BCUT2D eigenvalue weighted by molar-refractivity contribution is 0.278. The summed E-state index contributed by atoms with van der Waals surface area (Å²) in [5.74, 6) is 0. The molecule has 2 nitrogen and oxygen atoms in total. The molecule has 0 atom stereocenters. The minimum atomic E-state index is -0.0142. The summed E-state index contributed by atoms with van der Waals surface area (Å²) in [6.45, 7) is -0.0142. The van der Waals surface area contributed by atoms with Crippen molar-refractivity contribution in [3.05, 3.63) is 24.0 Å². The molecule has 1 aromatic rings. The second kappa shape index (κ2) is 2.75. The smallest absolute Gasteiger partial charge is 0.0851 e. The highest BCUT2D eigenvalue weighted by molar-refractivity contribution is 6.33. The molecule has 0 saturated carbocycles. The Morgan fingerprint density at radius 2 is 2.44 bits per heavy atom. The van der Waals surface area contributed by atoms with Crippen molar-refractivity contribution in [2.24, 2.45) is 0 Å². The average Bonchev–Trinajstić information content (AvgIpc) is 1.89. The van der Waals surface area contributed by atoms with Crippen LogP contribution in [0.2, 0.25) is 0 Å². The molecule has 0 aliphatic rings. The van der Waals surface area contributed by atoms with Crippen LogP contribution in [-0.2, 0) is 6.61 Å². The number of aromatic nitrogens is 1. The number of hydrogen-bond donors (Lipinski definition) is 1. The van der Waals surface area contributed by atoms with Crippen LogP contribution in [0.15, 0.2) is 18.3 Å². The van der Waals surface area contributed by atoms with Gasteiger partial charge in [-0.1, -0.05) is 6.07 Å². The van der Waals surface area contributed by atoms with E-state index < -0.39 is 0 Å². The van der Waals surface area contributed by atoms with Crippen LogP contribution in [0.1, 0.15) is 5.69 Å². The standard InChI is InChI=1S/C6H6NOSi/c8-4-5-6(9)2-1-3-7-5/h1-3,8H,4H2. The lowest BCUT2D eigenvalue weighted by Gasteiger charge is -1.96. The summed E-state index contributed by atoms with van der Waals surface area (Å²) in [5, 5.41) is 9.47. The van der Waals surface area contributed by atoms with Crippen LogP contribution in [-0.4, -0.2) is 20.3 Å². The summed E-state index contributed by atoms with van der Waals surface area (Å²) >= 11 is 0. The Hall–Kier alpha value is -0.673. The third-order valence-corrected chi connectivity index (χ3v) is 1.50. The zero-order valence-corrected chi connectivity index (χ0v) is 5.83. The van der Waals surface area contributed by atoms with Gasteiger partial charge in [0.2, 0.25) is 0 Å². The summed E-state index contributed by atoms with van der Waals surface area (Å²) in [7, 11) is 3.28. The second-order valence-electron chi connectivity index (χ2n) is 1.66. The van der Waals surface area contributed by atoms with Gasteiger partial charge >= 0.3 is 0 Å². The predicted molar refractivity (Wildman–Crippen MR) is 35.5 cm³/mol. The maximum Gasteiger partial charge on any atom is 0.0851 e. The van der Waals surface area contributed by atoms with E-state index in [4.69, 9.17) is 5.11 Å². The maximum absolute atomic E-state index is 8.62. The first-order valence-corrected chi connectivity index (χ1v) is 3.11. The van der Waals surface area contributed by atoms with Crippen molar-refractivity contribution in [1.82, 2.24) is 4.98 Å². The SMILES string of the molecule is OCc1ncccc1[Si]. The zero-order valence-electron chi connectivity index (χ0n) is 4.83. The van der Waals surface area contributed by atoms with Gasteiger partial charge in [-0.3, -0.25) is 4.98 Å². The Kier molecular flexibility index (Phi) is 1.97. The molecule has 0 spiro atoms. The van der Waals surface area contributed by atoms with E-state index in [1.54, 1.807) is 6.20 Å². The number of rotatable bonds is 1. The Morgan fingerprint density at radius 1 is 1.67 bits per heavy atom. The molecule has 1 rings (SSSR count). The van der Waals surface area contributed by atoms with E-state index in [0.29, 0.717) is 5.69 Å². The normalized spacial score (nSPS) is 9.56. The fourth-order valence-electron chi connectivity index (χ4n) is 0.564. The molecule has 0 unspecified atom stereocenters. The zero-order chi connectivity index (χ0) is 6.69. The summed E-state index contributed by atoms with van der Waals surface area (Å²) in [6.07, 6.45) is 1.65. The monoisotopic (exact) mass is 136 g/mol. The Balaban J connectivity index is 3.01. The molecule has 0 saturated heterocycles. The molecular formula is C6H6NOSi. The van der Waals surface area contributed by atoms with E-state index in [0.717, 1.165) is 5.19 Å². The third-order valence-electron chi connectivity index (χ3n) is 1.04. The van der Waals surface area contributed by atoms with Gasteiger partial charge in [-0.25, -0.2) is 0 Å². The van der Waals surface area contributed by atoms with Gasteiger partial charge in [-0.15, -0.1) is 0 Å². The highest BCUT2D eigenvalue weighted by Gasteiger charge is 1.92. The second-order valence-corrected chi connectivity index (χ2v) is 2.19.